The Morgan fingerprint density at radius 3 is 2.71 bits per heavy atom. The van der Waals surface area contributed by atoms with Gasteiger partial charge in [-0.1, -0.05) is 6.07 Å². The van der Waals surface area contributed by atoms with Crippen molar-refractivity contribution in [1.29, 1.82) is 0 Å². The topological polar surface area (TPSA) is 74.3 Å². The highest BCUT2D eigenvalue weighted by molar-refractivity contribution is 7.12. The van der Waals surface area contributed by atoms with E-state index in [1.165, 1.54) is 24.2 Å². The van der Waals surface area contributed by atoms with Gasteiger partial charge in [0.1, 0.15) is 5.82 Å². The molecular weight excluding hydrogens is 324 g/mol. The molecule has 1 aliphatic heterocycles. The Bertz CT molecular complexity index is 679. The van der Waals surface area contributed by atoms with E-state index in [2.05, 4.69) is 20.5 Å². The van der Waals surface area contributed by atoms with Gasteiger partial charge in [-0.15, -0.1) is 11.3 Å². The summed E-state index contributed by atoms with van der Waals surface area (Å²) in [7, 11) is 0. The molecule has 0 spiro atoms. The van der Waals surface area contributed by atoms with Crippen LogP contribution in [0.4, 0.5) is 11.5 Å². The van der Waals surface area contributed by atoms with Crippen LogP contribution in [0.1, 0.15) is 28.9 Å². The van der Waals surface area contributed by atoms with Gasteiger partial charge < -0.3 is 15.5 Å². The van der Waals surface area contributed by atoms with Crippen molar-refractivity contribution < 1.29 is 9.59 Å². The van der Waals surface area contributed by atoms with Crippen LogP contribution in [0.5, 0.6) is 0 Å². The first-order valence-corrected chi connectivity index (χ1v) is 8.93. The number of hydrogen-bond donors (Lipinski definition) is 2. The van der Waals surface area contributed by atoms with Crippen molar-refractivity contribution in [2.45, 2.75) is 19.3 Å². The predicted molar refractivity (Wildman–Crippen MR) is 95.6 cm³/mol. The Balaban J connectivity index is 1.42. The van der Waals surface area contributed by atoms with Crippen molar-refractivity contribution in [3.05, 3.63) is 40.7 Å². The van der Waals surface area contributed by atoms with Crippen LogP contribution in [0, 0.1) is 0 Å². The fraction of sp³-hybridized carbons (Fsp3) is 0.353. The number of aromatic nitrogens is 1. The summed E-state index contributed by atoms with van der Waals surface area (Å²) in [6, 6.07) is 7.38. The number of thiophene rings is 1. The smallest absolute Gasteiger partial charge is 0.261 e. The van der Waals surface area contributed by atoms with Gasteiger partial charge in [0.05, 0.1) is 16.8 Å². The van der Waals surface area contributed by atoms with Crippen LogP contribution in [0.25, 0.3) is 0 Å². The molecule has 24 heavy (non-hydrogen) atoms. The van der Waals surface area contributed by atoms with Crippen molar-refractivity contribution >= 4 is 34.7 Å². The minimum atomic E-state index is -0.144. The highest BCUT2D eigenvalue weighted by atomic mass is 32.1. The number of nitrogens with zero attached hydrogens (tertiary/aromatic N) is 2. The first kappa shape index (κ1) is 16.4. The molecule has 0 bridgehead atoms. The Morgan fingerprint density at radius 1 is 1.21 bits per heavy atom. The second-order valence-electron chi connectivity index (χ2n) is 5.63. The quantitative estimate of drug-likeness (QED) is 0.844. The molecule has 0 aromatic carbocycles. The summed E-state index contributed by atoms with van der Waals surface area (Å²) in [4.78, 5) is 31.0. The van der Waals surface area contributed by atoms with E-state index in [0.717, 1.165) is 18.9 Å². The summed E-state index contributed by atoms with van der Waals surface area (Å²) in [5.41, 5.74) is 0.674. The lowest BCUT2D eigenvalue weighted by atomic mass is 10.3. The SMILES string of the molecule is O=C(CCNC(=O)c1cccs1)Nc1ccc(N2CCCC2)nc1. The molecule has 2 aromatic heterocycles. The fourth-order valence-electron chi connectivity index (χ4n) is 2.60. The van der Waals surface area contributed by atoms with E-state index in [-0.39, 0.29) is 18.2 Å². The van der Waals surface area contributed by atoms with Crippen molar-refractivity contribution in [1.82, 2.24) is 10.3 Å². The molecule has 0 atom stereocenters. The summed E-state index contributed by atoms with van der Waals surface area (Å²) in [5.74, 6) is 0.667. The molecule has 3 rings (SSSR count). The number of nitrogens with one attached hydrogen (secondary N) is 2. The van der Waals surface area contributed by atoms with E-state index >= 15 is 0 Å². The van der Waals surface area contributed by atoms with Gasteiger partial charge in [0.15, 0.2) is 0 Å². The Labute approximate surface area is 144 Å². The zero-order valence-corrected chi connectivity index (χ0v) is 14.1. The van der Waals surface area contributed by atoms with Crippen molar-refractivity contribution in [3.8, 4) is 0 Å². The zero-order chi connectivity index (χ0) is 16.8. The van der Waals surface area contributed by atoms with Crippen LogP contribution in [-0.4, -0.2) is 36.4 Å². The zero-order valence-electron chi connectivity index (χ0n) is 13.3. The van der Waals surface area contributed by atoms with Crippen LogP contribution >= 0.6 is 11.3 Å². The Morgan fingerprint density at radius 2 is 2.04 bits per heavy atom. The van der Waals surface area contributed by atoms with Gasteiger partial charge in [-0.05, 0) is 36.4 Å². The molecule has 7 heteroatoms. The molecule has 126 valence electrons. The third-order valence-corrected chi connectivity index (χ3v) is 4.71. The summed E-state index contributed by atoms with van der Waals surface area (Å²) < 4.78 is 0. The van der Waals surface area contributed by atoms with Crippen LogP contribution in [-0.2, 0) is 4.79 Å². The largest absolute Gasteiger partial charge is 0.357 e. The number of carbonyl (C=O) groups is 2. The molecule has 0 radical (unpaired) electrons. The molecule has 2 N–H and O–H groups in total. The lowest BCUT2D eigenvalue weighted by Gasteiger charge is -2.16. The summed E-state index contributed by atoms with van der Waals surface area (Å²) in [6.45, 7) is 2.40. The number of anilines is 2. The molecule has 0 saturated carbocycles. The summed E-state index contributed by atoms with van der Waals surface area (Å²) in [5, 5.41) is 7.38. The number of amides is 2. The average Bonchev–Trinajstić information content (AvgIpc) is 3.29. The monoisotopic (exact) mass is 344 g/mol. The maximum Gasteiger partial charge on any atom is 0.261 e. The number of hydrogen-bond acceptors (Lipinski definition) is 5. The maximum atomic E-state index is 11.9. The number of carbonyl (C=O) groups excluding carboxylic acids is 2. The number of pyridine rings is 1. The molecule has 3 heterocycles. The molecule has 1 saturated heterocycles. The van der Waals surface area contributed by atoms with Crippen LogP contribution in [0.2, 0.25) is 0 Å². The van der Waals surface area contributed by atoms with E-state index in [4.69, 9.17) is 0 Å². The van der Waals surface area contributed by atoms with Crippen molar-refractivity contribution in [3.63, 3.8) is 0 Å². The van der Waals surface area contributed by atoms with E-state index in [0.29, 0.717) is 17.1 Å². The molecule has 2 aromatic rings. The number of rotatable bonds is 6. The van der Waals surface area contributed by atoms with Gasteiger partial charge in [-0.25, -0.2) is 4.98 Å². The van der Waals surface area contributed by atoms with Gasteiger partial charge >= 0.3 is 0 Å². The molecule has 1 aliphatic rings. The molecule has 0 aliphatic carbocycles. The average molecular weight is 344 g/mol. The Kier molecular flexibility index (Phi) is 5.43. The first-order valence-electron chi connectivity index (χ1n) is 8.05. The van der Waals surface area contributed by atoms with E-state index in [1.807, 2.05) is 23.6 Å². The second kappa shape index (κ2) is 7.92. The Hall–Kier alpha value is -2.41. The molecule has 6 nitrogen and oxygen atoms in total. The molecule has 1 fully saturated rings. The van der Waals surface area contributed by atoms with Gasteiger partial charge in [-0.3, -0.25) is 9.59 Å². The van der Waals surface area contributed by atoms with Crippen molar-refractivity contribution in [2.24, 2.45) is 0 Å². The normalized spacial score (nSPS) is 13.8. The maximum absolute atomic E-state index is 11.9. The van der Waals surface area contributed by atoms with Crippen molar-refractivity contribution in [2.75, 3.05) is 29.9 Å². The second-order valence-corrected chi connectivity index (χ2v) is 6.58. The van der Waals surface area contributed by atoms with Crippen LogP contribution in [0.15, 0.2) is 35.8 Å². The van der Waals surface area contributed by atoms with E-state index in [9.17, 15) is 9.59 Å². The minimum absolute atomic E-state index is 0.141. The van der Waals surface area contributed by atoms with Gasteiger partial charge in [-0.2, -0.15) is 0 Å². The minimum Gasteiger partial charge on any atom is -0.357 e. The van der Waals surface area contributed by atoms with Crippen LogP contribution < -0.4 is 15.5 Å². The third kappa shape index (κ3) is 4.32. The third-order valence-electron chi connectivity index (χ3n) is 3.84. The predicted octanol–water partition coefficient (Wildman–Crippen LogP) is 2.50. The summed E-state index contributed by atoms with van der Waals surface area (Å²) >= 11 is 1.38. The van der Waals surface area contributed by atoms with Gasteiger partial charge in [0, 0.05) is 26.1 Å². The first-order chi connectivity index (χ1) is 11.7. The van der Waals surface area contributed by atoms with E-state index < -0.39 is 0 Å². The molecule has 2 amide bonds. The molecule has 0 unspecified atom stereocenters. The van der Waals surface area contributed by atoms with Crippen LogP contribution in [0.3, 0.4) is 0 Å². The van der Waals surface area contributed by atoms with Gasteiger partial charge in [0.25, 0.3) is 5.91 Å². The highest BCUT2D eigenvalue weighted by Crippen LogP contribution is 2.19. The lowest BCUT2D eigenvalue weighted by molar-refractivity contribution is -0.116. The van der Waals surface area contributed by atoms with Gasteiger partial charge in [0.2, 0.25) is 5.91 Å². The standard InChI is InChI=1S/C17H20N4O2S/c22-16(7-8-18-17(23)14-4-3-11-24-14)20-13-5-6-15(19-12-13)21-9-1-2-10-21/h3-6,11-12H,1-2,7-10H2,(H,18,23)(H,20,22). The molecular formula is C17H20N4O2S. The fourth-order valence-corrected chi connectivity index (χ4v) is 3.24. The summed E-state index contributed by atoms with van der Waals surface area (Å²) in [6.07, 6.45) is 4.31. The van der Waals surface area contributed by atoms with E-state index in [1.54, 1.807) is 12.3 Å². The lowest BCUT2D eigenvalue weighted by Crippen LogP contribution is -2.27. The highest BCUT2D eigenvalue weighted by Gasteiger charge is 2.13.